The fraction of sp³-hybridized carbons (Fsp3) is 0.576. The zero-order valence-electron chi connectivity index (χ0n) is 24.5. The molecule has 6 nitrogen and oxygen atoms in total. The van der Waals surface area contributed by atoms with E-state index in [0.29, 0.717) is 12.0 Å². The fourth-order valence-electron chi connectivity index (χ4n) is 5.86. The Hall–Kier alpha value is -2.54. The first-order valence-corrected chi connectivity index (χ1v) is 14.3. The summed E-state index contributed by atoms with van der Waals surface area (Å²) in [5.74, 6) is -2.04. The molecule has 6 atom stereocenters. The maximum atomic E-state index is 14.1. The van der Waals surface area contributed by atoms with Gasteiger partial charge in [-0.05, 0) is 42.7 Å². The van der Waals surface area contributed by atoms with E-state index in [-0.39, 0.29) is 23.2 Å². The van der Waals surface area contributed by atoms with Crippen LogP contribution in [0.5, 0.6) is 0 Å². The second kappa shape index (κ2) is 14.7. The highest BCUT2D eigenvalue weighted by molar-refractivity contribution is 5.94. The van der Waals surface area contributed by atoms with Crippen LogP contribution in [0.1, 0.15) is 73.6 Å². The van der Waals surface area contributed by atoms with Crippen LogP contribution in [0.15, 0.2) is 71.9 Å². The van der Waals surface area contributed by atoms with E-state index in [1.165, 1.54) is 25.3 Å². The molecule has 0 radical (unpaired) electrons. The average Bonchev–Trinajstić information content (AvgIpc) is 3.10. The highest BCUT2D eigenvalue weighted by Crippen LogP contribution is 2.58. The van der Waals surface area contributed by atoms with Gasteiger partial charge in [0.2, 0.25) is 0 Å². The summed E-state index contributed by atoms with van der Waals surface area (Å²) < 4.78 is 5.74. The molecule has 0 aromatic carbocycles. The van der Waals surface area contributed by atoms with E-state index in [4.69, 9.17) is 4.74 Å². The summed E-state index contributed by atoms with van der Waals surface area (Å²) in [4.78, 5) is 27.0. The first-order valence-electron chi connectivity index (χ1n) is 14.3. The van der Waals surface area contributed by atoms with Gasteiger partial charge in [-0.3, -0.25) is 4.79 Å². The van der Waals surface area contributed by atoms with Crippen LogP contribution in [0.3, 0.4) is 0 Å². The van der Waals surface area contributed by atoms with E-state index in [2.05, 4.69) is 13.0 Å². The molecule has 0 fully saturated rings. The molecule has 216 valence electrons. The molecular weight excluding hydrogens is 492 g/mol. The van der Waals surface area contributed by atoms with Gasteiger partial charge in [0.25, 0.3) is 0 Å². The first-order chi connectivity index (χ1) is 18.5. The number of unbranched alkanes of at least 4 members (excludes halogenated alkanes) is 3. The van der Waals surface area contributed by atoms with Crippen molar-refractivity contribution < 1.29 is 29.6 Å². The van der Waals surface area contributed by atoms with E-state index >= 15 is 0 Å². The zero-order valence-corrected chi connectivity index (χ0v) is 24.5. The number of aliphatic hydroxyl groups excluding tert-OH is 2. The van der Waals surface area contributed by atoms with Gasteiger partial charge in [-0.1, -0.05) is 109 Å². The number of hydrogen-bond donors (Lipinski definition) is 3. The minimum atomic E-state index is -2.16. The normalized spacial score (nSPS) is 30.4. The number of esters is 1. The molecule has 2 aliphatic carbocycles. The summed E-state index contributed by atoms with van der Waals surface area (Å²) in [5.41, 5.74) is -2.99. The predicted molar refractivity (Wildman–Crippen MR) is 156 cm³/mol. The summed E-state index contributed by atoms with van der Waals surface area (Å²) in [5, 5.41) is 33.9. The number of aliphatic hydroxyl groups is 3. The summed E-state index contributed by atoms with van der Waals surface area (Å²) in [7, 11) is 0. The Balaban J connectivity index is 2.29. The Morgan fingerprint density at radius 1 is 1.08 bits per heavy atom. The summed E-state index contributed by atoms with van der Waals surface area (Å²) >= 11 is 0. The minimum absolute atomic E-state index is 0.120. The monoisotopic (exact) mass is 540 g/mol. The Morgan fingerprint density at radius 2 is 1.72 bits per heavy atom. The quantitative estimate of drug-likeness (QED) is 0.0929. The van der Waals surface area contributed by atoms with Crippen LogP contribution in [-0.4, -0.2) is 51.5 Å². The number of ether oxygens (including phenoxy) is 1. The number of fused-ring (bicyclic) bond motifs is 1. The number of rotatable bonds is 13. The maximum absolute atomic E-state index is 14.1. The van der Waals surface area contributed by atoms with Gasteiger partial charge in [0, 0.05) is 12.0 Å². The van der Waals surface area contributed by atoms with Crippen molar-refractivity contribution >= 4 is 11.8 Å². The number of carbonyl (C=O) groups excluding carboxylic acids is 2. The van der Waals surface area contributed by atoms with Gasteiger partial charge in [-0.15, -0.1) is 0 Å². The van der Waals surface area contributed by atoms with Gasteiger partial charge in [0.05, 0.1) is 12.0 Å². The molecule has 0 saturated heterocycles. The number of hydrogen-bond acceptors (Lipinski definition) is 6. The third-order valence-corrected chi connectivity index (χ3v) is 8.23. The molecule has 0 saturated carbocycles. The summed E-state index contributed by atoms with van der Waals surface area (Å²) in [6.45, 7) is 10.9. The van der Waals surface area contributed by atoms with Crippen LogP contribution in [0.4, 0.5) is 0 Å². The molecule has 0 aromatic heterocycles. The van der Waals surface area contributed by atoms with Gasteiger partial charge >= 0.3 is 5.97 Å². The number of Topliss-reactive ketones (excluding diaryl/α,β-unsaturated/α-hetero) is 1. The van der Waals surface area contributed by atoms with Crippen molar-refractivity contribution in [1.29, 1.82) is 0 Å². The van der Waals surface area contributed by atoms with Gasteiger partial charge in [0.1, 0.15) is 6.10 Å². The second-order valence-electron chi connectivity index (χ2n) is 11.2. The molecule has 0 aromatic rings. The zero-order chi connectivity index (χ0) is 29.2. The molecule has 39 heavy (non-hydrogen) atoms. The van der Waals surface area contributed by atoms with Crippen LogP contribution >= 0.6 is 0 Å². The van der Waals surface area contributed by atoms with Crippen LogP contribution in [-0.2, 0) is 14.3 Å². The predicted octanol–water partition coefficient (Wildman–Crippen LogP) is 5.56. The Bertz CT molecular complexity index is 1030. The Morgan fingerprint density at radius 3 is 2.31 bits per heavy atom. The van der Waals surface area contributed by atoms with E-state index < -0.39 is 41.7 Å². The molecular formula is C33H48O6. The standard InChI is InChI=1S/C33H48O6/c1-7-9-10-11-12-13-14-15-16-17-18-19-28(35)39-31-24(5)21-32(25(6)8-2)30(37)27(23(3)4)20-26(22-34)29(36)33(31,32)38/h12-21,23,25,27,29,31,34,36,38H,7-11,22H2,1-6H3/b13-12+,15-14+,17-16+,19-18+/t25-,27+,29-,31+,32+,33+/m1/s1. The second-order valence-corrected chi connectivity index (χ2v) is 11.2. The van der Waals surface area contributed by atoms with Crippen molar-refractivity contribution in [3.05, 3.63) is 71.9 Å². The molecule has 0 bridgehead atoms. The van der Waals surface area contributed by atoms with E-state index in [1.807, 2.05) is 45.9 Å². The number of ketones is 1. The average molecular weight is 541 g/mol. The van der Waals surface area contributed by atoms with Crippen molar-refractivity contribution in [3.63, 3.8) is 0 Å². The topological polar surface area (TPSA) is 104 Å². The Labute approximate surface area is 234 Å². The maximum Gasteiger partial charge on any atom is 0.331 e. The molecule has 3 N–H and O–H groups in total. The smallest absolute Gasteiger partial charge is 0.331 e. The van der Waals surface area contributed by atoms with Crippen molar-refractivity contribution in [2.45, 2.75) is 91.5 Å². The van der Waals surface area contributed by atoms with Crippen LogP contribution in [0.2, 0.25) is 0 Å². The van der Waals surface area contributed by atoms with Crippen LogP contribution in [0.25, 0.3) is 0 Å². The third kappa shape index (κ3) is 6.79. The van der Waals surface area contributed by atoms with Crippen LogP contribution in [0, 0.1) is 23.2 Å². The van der Waals surface area contributed by atoms with Gasteiger partial charge in [0.15, 0.2) is 17.5 Å². The third-order valence-electron chi connectivity index (χ3n) is 8.23. The lowest BCUT2D eigenvalue weighted by molar-refractivity contribution is -0.201. The van der Waals surface area contributed by atoms with Crippen LogP contribution < -0.4 is 0 Å². The largest absolute Gasteiger partial charge is 0.451 e. The SMILES string of the molecule is CCCCC/C=C/C=C/C=C/C=C/C(=O)O[C@H]1C(C)=C[C@]2([C@H](C)CC)C(=O)[C@H](C(C)C)C=C(CO)[C@@H](O)[C@]12O. The molecule has 0 aliphatic heterocycles. The Kier molecular flexibility index (Phi) is 12.3. The van der Waals surface area contributed by atoms with E-state index in [9.17, 15) is 24.9 Å². The van der Waals surface area contributed by atoms with Crippen molar-refractivity contribution in [2.24, 2.45) is 23.2 Å². The molecule has 0 unspecified atom stereocenters. The fourth-order valence-corrected chi connectivity index (χ4v) is 5.86. The van der Waals surface area contributed by atoms with E-state index in [1.54, 1.807) is 37.3 Å². The lowest BCUT2D eigenvalue weighted by Crippen LogP contribution is -2.66. The van der Waals surface area contributed by atoms with Gasteiger partial charge in [-0.2, -0.15) is 0 Å². The molecule has 2 aliphatic rings. The van der Waals surface area contributed by atoms with Crippen molar-refractivity contribution in [3.8, 4) is 0 Å². The molecule has 0 spiro atoms. The van der Waals surface area contributed by atoms with Gasteiger partial charge < -0.3 is 20.1 Å². The summed E-state index contributed by atoms with van der Waals surface area (Å²) in [6, 6.07) is 0. The number of allylic oxidation sites excluding steroid dienone is 8. The molecule has 6 heteroatoms. The highest BCUT2D eigenvalue weighted by Gasteiger charge is 2.70. The molecule has 2 rings (SSSR count). The lowest BCUT2D eigenvalue weighted by atomic mass is 9.58. The van der Waals surface area contributed by atoms with E-state index in [0.717, 1.165) is 6.42 Å². The summed E-state index contributed by atoms with van der Waals surface area (Å²) in [6.07, 6.45) is 19.8. The van der Waals surface area contributed by atoms with Crippen molar-refractivity contribution in [1.82, 2.24) is 0 Å². The molecule has 0 heterocycles. The first kappa shape index (κ1) is 32.7. The van der Waals surface area contributed by atoms with Gasteiger partial charge in [-0.25, -0.2) is 4.79 Å². The molecule has 0 amide bonds. The minimum Gasteiger partial charge on any atom is -0.451 e. The number of carbonyl (C=O) groups is 2. The highest BCUT2D eigenvalue weighted by atomic mass is 16.6. The van der Waals surface area contributed by atoms with Crippen molar-refractivity contribution in [2.75, 3.05) is 6.61 Å². The lowest BCUT2D eigenvalue weighted by Gasteiger charge is -2.49.